The molecule has 1 N–H and O–H groups in total. The minimum absolute atomic E-state index is 0.000502. The topological polar surface area (TPSA) is 66.7 Å². The van der Waals surface area contributed by atoms with E-state index in [4.69, 9.17) is 16.6 Å². The van der Waals surface area contributed by atoms with Crippen LogP contribution in [0.25, 0.3) is 0 Å². The van der Waals surface area contributed by atoms with Crippen molar-refractivity contribution in [1.29, 1.82) is 0 Å². The zero-order valence-electron chi connectivity index (χ0n) is 23.0. The van der Waals surface area contributed by atoms with Crippen molar-refractivity contribution >= 4 is 28.9 Å². The van der Waals surface area contributed by atoms with E-state index >= 15 is 0 Å². The number of Topliss-reactive ketones (excluding diaryl/α,β-unsaturated/α-hetero) is 2. The molecule has 0 radical (unpaired) electrons. The number of phenolic OH excluding ortho intramolecular Hbond substituents is 1. The van der Waals surface area contributed by atoms with Gasteiger partial charge in [-0.05, 0) is 85.5 Å². The van der Waals surface area contributed by atoms with Crippen LogP contribution in [0, 0.1) is 23.2 Å². The first-order valence-electron chi connectivity index (χ1n) is 13.5. The molecule has 37 heavy (non-hydrogen) atoms. The summed E-state index contributed by atoms with van der Waals surface area (Å²) in [6.45, 7) is 13.0. The molecule has 4 nitrogen and oxygen atoms in total. The van der Waals surface area contributed by atoms with Crippen molar-refractivity contribution in [3.05, 3.63) is 64.2 Å². The highest BCUT2D eigenvalue weighted by atomic mass is 35.5. The van der Waals surface area contributed by atoms with Gasteiger partial charge in [0.15, 0.2) is 11.6 Å². The lowest BCUT2D eigenvalue weighted by Gasteiger charge is -2.47. The third-order valence-electron chi connectivity index (χ3n) is 9.23. The molecule has 1 aliphatic carbocycles. The van der Waals surface area contributed by atoms with E-state index in [9.17, 15) is 14.7 Å². The van der Waals surface area contributed by atoms with Crippen LogP contribution >= 0.6 is 11.6 Å². The number of aliphatic imine (C=N–C) groups is 1. The Morgan fingerprint density at radius 2 is 1.73 bits per heavy atom. The summed E-state index contributed by atoms with van der Waals surface area (Å²) in [7, 11) is 0. The Hall–Kier alpha value is -2.46. The average Bonchev–Trinajstić information content (AvgIpc) is 2.93. The van der Waals surface area contributed by atoms with E-state index in [-0.39, 0.29) is 46.0 Å². The Bertz CT molecular complexity index is 1180. The summed E-state index contributed by atoms with van der Waals surface area (Å²) in [5, 5.41) is 10.6. The van der Waals surface area contributed by atoms with Gasteiger partial charge in [0, 0.05) is 22.6 Å². The van der Waals surface area contributed by atoms with E-state index in [0.717, 1.165) is 31.2 Å². The monoisotopic (exact) mass is 521 g/mol. The van der Waals surface area contributed by atoms with Gasteiger partial charge in [-0.3, -0.25) is 14.6 Å². The van der Waals surface area contributed by atoms with Crippen LogP contribution in [0.5, 0.6) is 5.75 Å². The largest absolute Gasteiger partial charge is 0.508 e. The lowest BCUT2D eigenvalue weighted by Crippen LogP contribution is -2.44. The average molecular weight is 522 g/mol. The molecular formula is C32H40ClNO3. The molecule has 1 spiro atoms. The number of benzene rings is 2. The Kier molecular flexibility index (Phi) is 7.72. The maximum absolute atomic E-state index is 13.8. The van der Waals surface area contributed by atoms with E-state index in [1.165, 1.54) is 6.07 Å². The molecule has 1 fully saturated rings. The third kappa shape index (κ3) is 5.70. The van der Waals surface area contributed by atoms with Crippen molar-refractivity contribution in [3.8, 4) is 5.75 Å². The van der Waals surface area contributed by atoms with Crippen LogP contribution in [0.2, 0.25) is 5.02 Å². The fourth-order valence-corrected chi connectivity index (χ4v) is 6.87. The van der Waals surface area contributed by atoms with Crippen LogP contribution in [0.15, 0.2) is 47.5 Å². The third-order valence-corrected chi connectivity index (χ3v) is 9.45. The van der Waals surface area contributed by atoms with Crippen molar-refractivity contribution in [2.45, 2.75) is 85.1 Å². The standard InChI is InChI=1S/C32H40ClNO3/c1-19(22-7-9-23(10-8-22)21(3)35)28-18-29(37)30(24-15-26(33)17-27(36)16-24)34-32(20(28)2)13-11-25(12-14-32)31(4,5)6/h7-10,15-17,19-20,25,28,36H,11-14,18H2,1-6H3. The fourth-order valence-electron chi connectivity index (χ4n) is 6.64. The van der Waals surface area contributed by atoms with Gasteiger partial charge in [0.1, 0.15) is 11.5 Å². The molecular weight excluding hydrogens is 482 g/mol. The summed E-state index contributed by atoms with van der Waals surface area (Å²) >= 11 is 6.28. The van der Waals surface area contributed by atoms with Crippen LogP contribution in [-0.4, -0.2) is 27.9 Å². The van der Waals surface area contributed by atoms with Gasteiger partial charge in [0.2, 0.25) is 0 Å². The number of phenols is 1. The minimum Gasteiger partial charge on any atom is -0.508 e. The van der Waals surface area contributed by atoms with E-state index in [1.54, 1.807) is 19.1 Å². The molecule has 0 aromatic heterocycles. The van der Waals surface area contributed by atoms with E-state index < -0.39 is 0 Å². The van der Waals surface area contributed by atoms with Crippen LogP contribution in [0.1, 0.15) is 101 Å². The molecule has 1 aliphatic heterocycles. The first-order valence-corrected chi connectivity index (χ1v) is 13.9. The molecule has 1 saturated carbocycles. The van der Waals surface area contributed by atoms with Crippen molar-refractivity contribution in [2.24, 2.45) is 28.2 Å². The molecule has 3 atom stereocenters. The van der Waals surface area contributed by atoms with Crippen molar-refractivity contribution in [2.75, 3.05) is 0 Å². The maximum atomic E-state index is 13.8. The van der Waals surface area contributed by atoms with Crippen molar-refractivity contribution < 1.29 is 14.7 Å². The number of rotatable bonds is 4. The van der Waals surface area contributed by atoms with Crippen LogP contribution in [0.4, 0.5) is 0 Å². The minimum atomic E-state index is -0.348. The van der Waals surface area contributed by atoms with Gasteiger partial charge >= 0.3 is 0 Å². The SMILES string of the molecule is CC(=O)c1ccc(C(C)C2CC(=O)C(c3cc(O)cc(Cl)c3)=NC3(CCC(C(C)(C)C)CC3)C2C)cc1. The second-order valence-electron chi connectivity index (χ2n) is 12.4. The number of halogens is 1. The Morgan fingerprint density at radius 3 is 2.27 bits per heavy atom. The summed E-state index contributed by atoms with van der Waals surface area (Å²) in [6, 6.07) is 12.7. The highest BCUT2D eigenvalue weighted by molar-refractivity contribution is 6.47. The first-order chi connectivity index (χ1) is 17.3. The van der Waals surface area contributed by atoms with Gasteiger partial charge in [-0.1, -0.05) is 70.5 Å². The number of ketones is 2. The quantitative estimate of drug-likeness (QED) is 0.414. The Labute approximate surface area is 226 Å². The molecule has 0 saturated heterocycles. The predicted molar refractivity (Wildman–Crippen MR) is 151 cm³/mol. The number of carbonyl (C=O) groups excluding carboxylic acids is 2. The Morgan fingerprint density at radius 1 is 1.11 bits per heavy atom. The van der Waals surface area contributed by atoms with Crippen LogP contribution < -0.4 is 0 Å². The second-order valence-corrected chi connectivity index (χ2v) is 12.9. The number of aromatic hydroxyl groups is 1. The van der Waals surface area contributed by atoms with Gasteiger partial charge in [0.05, 0.1) is 5.54 Å². The normalized spacial score (nSPS) is 27.5. The second kappa shape index (κ2) is 10.4. The van der Waals surface area contributed by atoms with E-state index in [0.29, 0.717) is 34.2 Å². The summed E-state index contributed by atoms with van der Waals surface area (Å²) < 4.78 is 0. The first kappa shape index (κ1) is 27.6. The molecule has 0 bridgehead atoms. The zero-order chi connectivity index (χ0) is 27.1. The van der Waals surface area contributed by atoms with Gasteiger partial charge < -0.3 is 5.11 Å². The van der Waals surface area contributed by atoms with E-state index in [2.05, 4.69) is 34.6 Å². The smallest absolute Gasteiger partial charge is 0.181 e. The number of hydrogen-bond donors (Lipinski definition) is 1. The highest BCUT2D eigenvalue weighted by Crippen LogP contribution is 2.51. The van der Waals surface area contributed by atoms with Crippen LogP contribution in [-0.2, 0) is 4.79 Å². The van der Waals surface area contributed by atoms with E-state index in [1.807, 2.05) is 24.3 Å². The lowest BCUT2D eigenvalue weighted by molar-refractivity contribution is -0.114. The molecule has 2 aromatic carbocycles. The number of hydrogen-bond acceptors (Lipinski definition) is 4. The zero-order valence-corrected chi connectivity index (χ0v) is 23.7. The molecule has 2 aliphatic rings. The van der Waals surface area contributed by atoms with Gasteiger partial charge in [-0.15, -0.1) is 0 Å². The fraction of sp³-hybridized carbons (Fsp3) is 0.531. The van der Waals surface area contributed by atoms with Gasteiger partial charge in [-0.25, -0.2) is 0 Å². The highest BCUT2D eigenvalue weighted by Gasteiger charge is 2.48. The predicted octanol–water partition coefficient (Wildman–Crippen LogP) is 8.04. The summed E-state index contributed by atoms with van der Waals surface area (Å²) in [5.74, 6) is 1.11. The van der Waals surface area contributed by atoms with Crippen LogP contribution in [0.3, 0.4) is 0 Å². The number of carbonyl (C=O) groups is 2. The number of nitrogens with zero attached hydrogens (tertiary/aromatic N) is 1. The summed E-state index contributed by atoms with van der Waals surface area (Å²) in [4.78, 5) is 30.9. The summed E-state index contributed by atoms with van der Waals surface area (Å²) in [5.41, 5.74) is 2.77. The molecule has 5 heteroatoms. The van der Waals surface area contributed by atoms with Crippen molar-refractivity contribution in [1.82, 2.24) is 0 Å². The molecule has 1 heterocycles. The lowest BCUT2D eigenvalue weighted by atomic mass is 9.60. The molecule has 2 aromatic rings. The maximum Gasteiger partial charge on any atom is 0.181 e. The van der Waals surface area contributed by atoms with Gasteiger partial charge in [0.25, 0.3) is 0 Å². The molecule has 198 valence electrons. The molecule has 3 unspecified atom stereocenters. The van der Waals surface area contributed by atoms with Gasteiger partial charge in [-0.2, -0.15) is 0 Å². The molecule has 4 rings (SSSR count). The van der Waals surface area contributed by atoms with Crippen molar-refractivity contribution in [3.63, 3.8) is 0 Å². The molecule has 0 amide bonds. The summed E-state index contributed by atoms with van der Waals surface area (Å²) in [6.07, 6.45) is 4.41. The Balaban J connectivity index is 1.76.